The Kier molecular flexibility index (Phi) is 7.21. The van der Waals surface area contributed by atoms with E-state index in [9.17, 15) is 13.0 Å². The number of methoxy groups -OCH3 is 2. The van der Waals surface area contributed by atoms with E-state index in [1.54, 1.807) is 6.07 Å². The van der Waals surface area contributed by atoms with Crippen LogP contribution in [0.15, 0.2) is 59.9 Å². The first-order chi connectivity index (χ1) is 16.5. The molecule has 1 atom stereocenters. The number of hydrogen-bond acceptors (Lipinski definition) is 7. The third-order valence-corrected chi connectivity index (χ3v) is 5.98. The smallest absolute Gasteiger partial charge is 0.387 e. The normalized spacial score (nSPS) is 12.0. The molecule has 2 aromatic heterocycles. The van der Waals surface area contributed by atoms with Crippen LogP contribution in [0.3, 0.4) is 0 Å². The van der Waals surface area contributed by atoms with E-state index in [1.165, 1.54) is 32.5 Å². The van der Waals surface area contributed by atoms with Crippen molar-refractivity contribution >= 4 is 21.8 Å². The summed E-state index contributed by atoms with van der Waals surface area (Å²) in [6.07, 6.45) is 1.50. The number of benzene rings is 2. The summed E-state index contributed by atoms with van der Waals surface area (Å²) >= 11 is 0. The lowest BCUT2D eigenvalue weighted by Gasteiger charge is -2.11. The van der Waals surface area contributed by atoms with E-state index in [-0.39, 0.29) is 22.4 Å². The number of alkyl halides is 2. The molecule has 0 bridgehead atoms. The molecule has 0 amide bonds. The lowest BCUT2D eigenvalue weighted by molar-refractivity contribution is -0.0511. The first-order valence-electron chi connectivity index (χ1n) is 10.1. The zero-order valence-electron chi connectivity index (χ0n) is 18.3. The zero-order chi connectivity index (χ0) is 24.1. The van der Waals surface area contributed by atoms with Gasteiger partial charge in [-0.15, -0.1) is 0 Å². The highest BCUT2D eigenvalue weighted by Crippen LogP contribution is 2.33. The van der Waals surface area contributed by atoms with E-state index in [1.807, 2.05) is 30.3 Å². The first kappa shape index (κ1) is 23.4. The molecule has 0 saturated carbocycles. The van der Waals surface area contributed by atoms with Crippen LogP contribution < -0.4 is 18.9 Å². The fourth-order valence-corrected chi connectivity index (χ4v) is 4.18. The van der Waals surface area contributed by atoms with Crippen LogP contribution in [0.1, 0.15) is 11.3 Å². The second-order valence-electron chi connectivity index (χ2n) is 7.03. The monoisotopic (exact) mass is 489 g/mol. The summed E-state index contributed by atoms with van der Waals surface area (Å²) in [7, 11) is 1.24. The average Bonchev–Trinajstić information content (AvgIpc) is 3.25. The van der Waals surface area contributed by atoms with Crippen LogP contribution in [0.2, 0.25) is 0 Å². The third kappa shape index (κ3) is 5.42. The maximum atomic E-state index is 13.0. The molecule has 4 rings (SSSR count). The van der Waals surface area contributed by atoms with Gasteiger partial charge in [0.05, 0.1) is 53.7 Å². The summed E-state index contributed by atoms with van der Waals surface area (Å²) < 4.78 is 59.1. The molecular formula is C23H21F2N3O5S. The van der Waals surface area contributed by atoms with Crippen LogP contribution in [0.4, 0.5) is 8.78 Å². The predicted molar refractivity (Wildman–Crippen MR) is 121 cm³/mol. The van der Waals surface area contributed by atoms with Gasteiger partial charge in [0, 0.05) is 18.2 Å². The van der Waals surface area contributed by atoms with Gasteiger partial charge in [-0.25, -0.2) is 4.98 Å². The van der Waals surface area contributed by atoms with Crippen LogP contribution in [-0.4, -0.2) is 40.0 Å². The van der Waals surface area contributed by atoms with E-state index < -0.39 is 17.4 Å². The molecule has 0 aliphatic heterocycles. The van der Waals surface area contributed by atoms with E-state index >= 15 is 0 Å². The number of pyridine rings is 1. The van der Waals surface area contributed by atoms with Crippen LogP contribution in [0, 0.1) is 0 Å². The van der Waals surface area contributed by atoms with E-state index in [0.29, 0.717) is 34.8 Å². The molecule has 0 spiro atoms. The highest BCUT2D eigenvalue weighted by molar-refractivity contribution is 7.84. The van der Waals surface area contributed by atoms with Gasteiger partial charge in [0.25, 0.3) is 0 Å². The Morgan fingerprint density at radius 3 is 2.47 bits per heavy atom. The maximum absolute atomic E-state index is 13.0. The molecule has 4 aromatic rings. The van der Waals surface area contributed by atoms with Crippen molar-refractivity contribution in [1.29, 1.82) is 0 Å². The van der Waals surface area contributed by atoms with Crippen molar-refractivity contribution in [3.8, 4) is 23.0 Å². The topological polar surface area (TPSA) is 95.6 Å². The van der Waals surface area contributed by atoms with Crippen LogP contribution in [-0.2, 0) is 23.2 Å². The molecule has 2 heterocycles. The number of fused-ring (bicyclic) bond motifs is 1. The van der Waals surface area contributed by atoms with Crippen molar-refractivity contribution in [1.82, 2.24) is 15.0 Å². The van der Waals surface area contributed by atoms with Crippen molar-refractivity contribution in [3.05, 3.63) is 66.0 Å². The molecule has 8 nitrogen and oxygen atoms in total. The van der Waals surface area contributed by atoms with Gasteiger partial charge in [-0.05, 0) is 5.56 Å². The van der Waals surface area contributed by atoms with Gasteiger partial charge in [0.15, 0.2) is 28.2 Å². The summed E-state index contributed by atoms with van der Waals surface area (Å²) in [5.74, 6) is 0.907. The largest absolute Gasteiger partial charge is 0.493 e. The second-order valence-corrected chi connectivity index (χ2v) is 8.40. The molecule has 0 aliphatic carbocycles. The minimum Gasteiger partial charge on any atom is -0.493 e. The Balaban J connectivity index is 1.53. The van der Waals surface area contributed by atoms with Crippen molar-refractivity contribution < 1.29 is 31.9 Å². The molecule has 0 radical (unpaired) electrons. The predicted octanol–water partition coefficient (Wildman–Crippen LogP) is 4.46. The molecule has 1 N–H and O–H groups in total. The first-order valence-corrected chi connectivity index (χ1v) is 11.4. The fourth-order valence-electron chi connectivity index (χ4n) is 3.20. The maximum Gasteiger partial charge on any atom is 0.387 e. The van der Waals surface area contributed by atoms with Gasteiger partial charge in [-0.1, -0.05) is 30.3 Å². The van der Waals surface area contributed by atoms with Crippen LogP contribution in [0.5, 0.6) is 23.0 Å². The lowest BCUT2D eigenvalue weighted by Crippen LogP contribution is -2.03. The summed E-state index contributed by atoms with van der Waals surface area (Å²) in [6, 6.07) is 14.1. The van der Waals surface area contributed by atoms with Gasteiger partial charge >= 0.3 is 6.61 Å². The van der Waals surface area contributed by atoms with Crippen molar-refractivity contribution in [3.63, 3.8) is 0 Å². The molecule has 0 saturated heterocycles. The molecular weight excluding hydrogens is 468 g/mol. The van der Waals surface area contributed by atoms with E-state index in [0.717, 1.165) is 5.56 Å². The molecule has 0 fully saturated rings. The zero-order valence-corrected chi connectivity index (χ0v) is 19.1. The van der Waals surface area contributed by atoms with Gasteiger partial charge in [-0.3, -0.25) is 9.19 Å². The fraction of sp³-hybridized carbons (Fsp3) is 0.217. The number of nitrogens with one attached hydrogen (secondary N) is 1. The van der Waals surface area contributed by atoms with Gasteiger partial charge in [-0.2, -0.15) is 8.78 Å². The quantitative estimate of drug-likeness (QED) is 0.351. The van der Waals surface area contributed by atoms with Gasteiger partial charge in [0.1, 0.15) is 6.61 Å². The van der Waals surface area contributed by atoms with Crippen LogP contribution >= 0.6 is 0 Å². The Bertz CT molecular complexity index is 1300. The highest BCUT2D eigenvalue weighted by Gasteiger charge is 2.18. The van der Waals surface area contributed by atoms with Gasteiger partial charge in [0.2, 0.25) is 0 Å². The Morgan fingerprint density at radius 2 is 1.76 bits per heavy atom. The minimum atomic E-state index is -3.01. The number of aromatic amines is 1. The number of halogens is 2. The average molecular weight is 490 g/mol. The molecule has 34 heavy (non-hydrogen) atoms. The molecule has 11 heteroatoms. The van der Waals surface area contributed by atoms with Gasteiger partial charge < -0.3 is 23.9 Å². The number of nitrogens with zero attached hydrogens (tertiary/aromatic N) is 2. The van der Waals surface area contributed by atoms with E-state index in [4.69, 9.17) is 14.2 Å². The number of imidazole rings is 1. The Hall–Kier alpha value is -3.73. The lowest BCUT2D eigenvalue weighted by atomic mass is 10.2. The number of hydrogen-bond donors (Lipinski definition) is 1. The Labute approximate surface area is 196 Å². The molecule has 0 aliphatic rings. The summed E-state index contributed by atoms with van der Waals surface area (Å²) in [5, 5.41) is 0.163. The summed E-state index contributed by atoms with van der Waals surface area (Å²) in [5.41, 5.74) is 2.27. The van der Waals surface area contributed by atoms with Crippen molar-refractivity contribution in [2.24, 2.45) is 0 Å². The summed E-state index contributed by atoms with van der Waals surface area (Å²) in [4.78, 5) is 11.5. The van der Waals surface area contributed by atoms with E-state index in [2.05, 4.69) is 19.7 Å². The standard InChI is InChI=1S/C23H21F2N3O5S/c1-30-18-9-16-17(10-20(18)33-22(24)25)28-23(27-16)34(29)13-15-8-19(21(31-2)11-26-15)32-12-14-6-4-3-5-7-14/h3-11,22H,12-13H2,1-2H3,(H,27,28). The number of aromatic nitrogens is 3. The number of H-pyrrole nitrogens is 1. The molecule has 2 aromatic carbocycles. The molecule has 1 unspecified atom stereocenters. The molecule has 178 valence electrons. The van der Waals surface area contributed by atoms with Crippen LogP contribution in [0.25, 0.3) is 11.0 Å². The SMILES string of the molecule is COc1cnc(CS(=O)c2nc3cc(OC)c(OC(F)F)cc3[nH]2)cc1OCc1ccccc1. The number of rotatable bonds is 10. The van der Waals surface area contributed by atoms with Crippen molar-refractivity contribution in [2.75, 3.05) is 14.2 Å². The number of ether oxygens (including phenoxy) is 4. The van der Waals surface area contributed by atoms with Crippen molar-refractivity contribution in [2.45, 2.75) is 24.1 Å². The Morgan fingerprint density at radius 1 is 1.00 bits per heavy atom. The highest BCUT2D eigenvalue weighted by atomic mass is 32.2. The second kappa shape index (κ2) is 10.5. The summed E-state index contributed by atoms with van der Waals surface area (Å²) in [6.45, 7) is -2.68. The third-order valence-electron chi connectivity index (χ3n) is 4.80. The minimum absolute atomic E-state index is 0.0447.